The van der Waals surface area contributed by atoms with Crippen molar-refractivity contribution in [2.45, 2.75) is 51.7 Å². The topological polar surface area (TPSA) is 46.2 Å². The highest BCUT2D eigenvalue weighted by molar-refractivity contribution is 5.45. The van der Waals surface area contributed by atoms with E-state index in [0.717, 1.165) is 59.8 Å². The van der Waals surface area contributed by atoms with Crippen molar-refractivity contribution in [3.05, 3.63) is 47.5 Å². The van der Waals surface area contributed by atoms with Crippen LogP contribution in [-0.2, 0) is 4.74 Å². The van der Waals surface area contributed by atoms with Gasteiger partial charge in [-0.3, -0.25) is 0 Å². The molecule has 0 aliphatic carbocycles. The molecule has 0 N–H and O–H groups in total. The Kier molecular flexibility index (Phi) is 6.45. The number of benzene rings is 2. The lowest BCUT2D eigenvalue weighted by atomic mass is 10.0. The normalized spacial score (nSPS) is 16.9. The Bertz CT molecular complexity index is 751. The second kappa shape index (κ2) is 9.40. The molecule has 4 rings (SSSR count). The third-order valence-corrected chi connectivity index (χ3v) is 5.31. The van der Waals surface area contributed by atoms with Crippen LogP contribution in [0.1, 0.15) is 62.9 Å². The van der Waals surface area contributed by atoms with Crippen LogP contribution in [0.5, 0.6) is 23.0 Å². The van der Waals surface area contributed by atoms with E-state index >= 15 is 0 Å². The molecule has 0 saturated carbocycles. The quantitative estimate of drug-likeness (QED) is 0.577. The Hall–Kier alpha value is -2.40. The molecule has 2 aliphatic heterocycles. The summed E-state index contributed by atoms with van der Waals surface area (Å²) in [4.78, 5) is 0. The summed E-state index contributed by atoms with van der Waals surface area (Å²) in [6.07, 6.45) is 3.98. The van der Waals surface area contributed by atoms with E-state index in [4.69, 9.17) is 23.7 Å². The first-order chi connectivity index (χ1) is 14.3. The van der Waals surface area contributed by atoms with E-state index in [2.05, 4.69) is 38.1 Å². The molecular formula is C24H30O5. The van der Waals surface area contributed by atoms with Gasteiger partial charge in [0, 0.05) is 0 Å². The van der Waals surface area contributed by atoms with Crippen LogP contribution < -0.4 is 18.9 Å². The van der Waals surface area contributed by atoms with E-state index in [9.17, 15) is 0 Å². The molecule has 29 heavy (non-hydrogen) atoms. The zero-order chi connectivity index (χ0) is 20.1. The molecule has 0 amide bonds. The molecule has 2 unspecified atom stereocenters. The standard InChI is InChI=1S/C24H30O5/c1-3-5-19(17-7-9-21-23(15-17)27-13-11-25-21)29-20(6-4-2)18-8-10-22-24(16-18)28-14-12-26-22/h7-10,15-16,19-20H,3-6,11-14H2,1-2H3. The van der Waals surface area contributed by atoms with Gasteiger partial charge in [0.15, 0.2) is 23.0 Å². The predicted molar refractivity (Wildman–Crippen MR) is 111 cm³/mol. The van der Waals surface area contributed by atoms with Gasteiger partial charge in [-0.1, -0.05) is 38.8 Å². The van der Waals surface area contributed by atoms with Gasteiger partial charge in [-0.05, 0) is 48.2 Å². The van der Waals surface area contributed by atoms with E-state index in [1.165, 1.54) is 0 Å². The first-order valence-electron chi connectivity index (χ1n) is 10.7. The van der Waals surface area contributed by atoms with Gasteiger partial charge in [0.1, 0.15) is 26.4 Å². The second-order valence-electron chi connectivity index (χ2n) is 7.50. The largest absolute Gasteiger partial charge is 0.486 e. The summed E-state index contributed by atoms with van der Waals surface area (Å²) < 4.78 is 29.6. The Balaban J connectivity index is 1.57. The van der Waals surface area contributed by atoms with Crippen LogP contribution in [0, 0.1) is 0 Å². The monoisotopic (exact) mass is 398 g/mol. The van der Waals surface area contributed by atoms with Crippen LogP contribution in [0.3, 0.4) is 0 Å². The summed E-state index contributed by atoms with van der Waals surface area (Å²) in [7, 11) is 0. The van der Waals surface area contributed by atoms with Gasteiger partial charge in [0.2, 0.25) is 0 Å². The molecule has 0 radical (unpaired) electrons. The maximum Gasteiger partial charge on any atom is 0.161 e. The van der Waals surface area contributed by atoms with E-state index in [1.807, 2.05) is 12.1 Å². The number of ether oxygens (including phenoxy) is 5. The van der Waals surface area contributed by atoms with Crippen molar-refractivity contribution in [1.82, 2.24) is 0 Å². The van der Waals surface area contributed by atoms with E-state index in [0.29, 0.717) is 26.4 Å². The smallest absolute Gasteiger partial charge is 0.161 e. The fourth-order valence-electron chi connectivity index (χ4n) is 3.87. The highest BCUT2D eigenvalue weighted by atomic mass is 16.6. The Labute approximate surface area is 172 Å². The molecule has 2 aliphatic rings. The van der Waals surface area contributed by atoms with E-state index < -0.39 is 0 Å². The van der Waals surface area contributed by atoms with Crippen molar-refractivity contribution in [2.24, 2.45) is 0 Å². The van der Waals surface area contributed by atoms with Crippen LogP contribution >= 0.6 is 0 Å². The first-order valence-corrected chi connectivity index (χ1v) is 10.7. The SMILES string of the molecule is CCCC(OC(CCC)c1ccc2c(c1)OCCO2)c1ccc2c(c1)OCCO2. The van der Waals surface area contributed by atoms with Gasteiger partial charge in [-0.15, -0.1) is 0 Å². The first kappa shape index (κ1) is 19.9. The summed E-state index contributed by atoms with van der Waals surface area (Å²) >= 11 is 0. The number of rotatable bonds is 8. The summed E-state index contributed by atoms with van der Waals surface area (Å²) in [5.74, 6) is 3.24. The van der Waals surface area contributed by atoms with Crippen LogP contribution in [-0.4, -0.2) is 26.4 Å². The van der Waals surface area contributed by atoms with Crippen LogP contribution in [0.2, 0.25) is 0 Å². The Morgan fingerprint density at radius 3 is 1.48 bits per heavy atom. The highest BCUT2D eigenvalue weighted by Crippen LogP contribution is 2.40. The molecule has 0 bridgehead atoms. The summed E-state index contributed by atoms with van der Waals surface area (Å²) in [6, 6.07) is 12.3. The predicted octanol–water partition coefficient (Wildman–Crippen LogP) is 5.63. The molecule has 5 nitrogen and oxygen atoms in total. The fraction of sp³-hybridized carbons (Fsp3) is 0.500. The van der Waals surface area contributed by atoms with Gasteiger partial charge < -0.3 is 23.7 Å². The minimum atomic E-state index is 0.000535. The number of hydrogen-bond donors (Lipinski definition) is 0. The molecule has 0 spiro atoms. The average Bonchev–Trinajstić information content (AvgIpc) is 2.77. The minimum Gasteiger partial charge on any atom is -0.486 e. The lowest BCUT2D eigenvalue weighted by Crippen LogP contribution is -2.17. The van der Waals surface area contributed by atoms with Gasteiger partial charge in [-0.25, -0.2) is 0 Å². The molecule has 156 valence electrons. The van der Waals surface area contributed by atoms with Crippen molar-refractivity contribution in [2.75, 3.05) is 26.4 Å². The lowest BCUT2D eigenvalue weighted by molar-refractivity contribution is -0.0250. The highest BCUT2D eigenvalue weighted by Gasteiger charge is 2.23. The third-order valence-electron chi connectivity index (χ3n) is 5.31. The van der Waals surface area contributed by atoms with Crippen LogP contribution in [0.25, 0.3) is 0 Å². The maximum atomic E-state index is 6.69. The zero-order valence-corrected chi connectivity index (χ0v) is 17.3. The van der Waals surface area contributed by atoms with Crippen LogP contribution in [0.15, 0.2) is 36.4 Å². The van der Waals surface area contributed by atoms with Gasteiger partial charge in [-0.2, -0.15) is 0 Å². The second-order valence-corrected chi connectivity index (χ2v) is 7.50. The fourth-order valence-corrected chi connectivity index (χ4v) is 3.87. The van der Waals surface area contributed by atoms with Crippen molar-refractivity contribution in [1.29, 1.82) is 0 Å². The summed E-state index contributed by atoms with van der Waals surface area (Å²) in [5, 5.41) is 0. The molecule has 0 aromatic heterocycles. The lowest BCUT2D eigenvalue weighted by Gasteiger charge is -2.28. The van der Waals surface area contributed by atoms with E-state index in [1.54, 1.807) is 0 Å². The van der Waals surface area contributed by atoms with Crippen molar-refractivity contribution in [3.63, 3.8) is 0 Å². The van der Waals surface area contributed by atoms with Crippen molar-refractivity contribution in [3.8, 4) is 23.0 Å². The van der Waals surface area contributed by atoms with Crippen LogP contribution in [0.4, 0.5) is 0 Å². The molecule has 0 fully saturated rings. The molecule has 2 atom stereocenters. The minimum absolute atomic E-state index is 0.000535. The Morgan fingerprint density at radius 2 is 1.07 bits per heavy atom. The average molecular weight is 398 g/mol. The molecular weight excluding hydrogens is 368 g/mol. The van der Waals surface area contributed by atoms with E-state index in [-0.39, 0.29) is 12.2 Å². The van der Waals surface area contributed by atoms with Crippen molar-refractivity contribution < 1.29 is 23.7 Å². The van der Waals surface area contributed by atoms with Gasteiger partial charge in [0.05, 0.1) is 12.2 Å². The summed E-state index contributed by atoms with van der Waals surface area (Å²) in [6.45, 7) is 6.76. The zero-order valence-electron chi connectivity index (χ0n) is 17.3. The van der Waals surface area contributed by atoms with Gasteiger partial charge in [0.25, 0.3) is 0 Å². The molecule has 5 heteroatoms. The Morgan fingerprint density at radius 1 is 0.655 bits per heavy atom. The maximum absolute atomic E-state index is 6.69. The molecule has 2 aromatic carbocycles. The van der Waals surface area contributed by atoms with Crippen molar-refractivity contribution >= 4 is 0 Å². The number of hydrogen-bond acceptors (Lipinski definition) is 5. The number of fused-ring (bicyclic) bond motifs is 2. The molecule has 2 heterocycles. The summed E-state index contributed by atoms with van der Waals surface area (Å²) in [5.41, 5.74) is 2.27. The third kappa shape index (κ3) is 4.61. The van der Waals surface area contributed by atoms with Gasteiger partial charge >= 0.3 is 0 Å². The molecule has 0 saturated heterocycles. The molecule has 2 aromatic rings.